The van der Waals surface area contributed by atoms with E-state index in [-0.39, 0.29) is 10.5 Å². The molecule has 7 heteroatoms. The summed E-state index contributed by atoms with van der Waals surface area (Å²) in [6.45, 7) is 2.01. The third-order valence-corrected chi connectivity index (χ3v) is 8.33. The van der Waals surface area contributed by atoms with Crippen molar-refractivity contribution < 1.29 is 8.42 Å². The van der Waals surface area contributed by atoms with Gasteiger partial charge in [-0.05, 0) is 92.4 Å². The van der Waals surface area contributed by atoms with Gasteiger partial charge in [0.05, 0.1) is 16.1 Å². The second-order valence-corrected chi connectivity index (χ2v) is 11.0. The molecule has 0 radical (unpaired) electrons. The summed E-state index contributed by atoms with van der Waals surface area (Å²) in [4.78, 5) is 2.23. The molecule has 182 valence electrons. The third-order valence-electron chi connectivity index (χ3n) is 6.91. The van der Waals surface area contributed by atoms with Gasteiger partial charge in [0.15, 0.2) is 0 Å². The van der Waals surface area contributed by atoms with Crippen LogP contribution in [0.1, 0.15) is 54.7 Å². The molecule has 0 saturated heterocycles. The molecular weight excluding hydrogens is 456 g/mol. The smallest absolute Gasteiger partial charge is 0.240 e. The lowest BCUT2D eigenvalue weighted by Crippen LogP contribution is -2.18. The van der Waals surface area contributed by atoms with Crippen molar-refractivity contribution in [2.24, 2.45) is 0 Å². The van der Waals surface area contributed by atoms with Crippen molar-refractivity contribution >= 4 is 32.8 Å². The highest BCUT2D eigenvalue weighted by molar-refractivity contribution is 7.89. The predicted molar refractivity (Wildman–Crippen MR) is 142 cm³/mol. The second kappa shape index (κ2) is 10.5. The lowest BCUT2D eigenvalue weighted by molar-refractivity contribution is 0.443. The zero-order valence-corrected chi connectivity index (χ0v) is 21.3. The summed E-state index contributed by atoms with van der Waals surface area (Å²) in [5.74, 6) is 0.696. The highest BCUT2D eigenvalue weighted by Gasteiger charge is 2.17. The van der Waals surface area contributed by atoms with Crippen molar-refractivity contribution in [3.8, 4) is 6.07 Å². The van der Waals surface area contributed by atoms with E-state index in [0.717, 1.165) is 22.6 Å². The lowest BCUT2D eigenvalue weighted by atomic mass is 9.84. The van der Waals surface area contributed by atoms with Crippen LogP contribution in [0, 0.1) is 18.3 Å². The molecule has 0 amide bonds. The minimum atomic E-state index is -3.61. The van der Waals surface area contributed by atoms with Crippen molar-refractivity contribution in [2.45, 2.75) is 49.8 Å². The maximum Gasteiger partial charge on any atom is 0.240 e. The Kier molecular flexibility index (Phi) is 7.44. The van der Waals surface area contributed by atoms with Crippen LogP contribution in [0.3, 0.4) is 0 Å². The Morgan fingerprint density at radius 2 is 1.57 bits per heavy atom. The van der Waals surface area contributed by atoms with E-state index in [9.17, 15) is 13.7 Å². The fraction of sp³-hybridized carbons (Fsp3) is 0.321. The Morgan fingerprint density at radius 1 is 0.914 bits per heavy atom. The van der Waals surface area contributed by atoms with E-state index in [1.54, 1.807) is 6.07 Å². The van der Waals surface area contributed by atoms with Gasteiger partial charge in [-0.1, -0.05) is 31.4 Å². The zero-order chi connectivity index (χ0) is 25.0. The van der Waals surface area contributed by atoms with E-state index >= 15 is 0 Å². The Hall–Kier alpha value is -3.34. The van der Waals surface area contributed by atoms with Gasteiger partial charge < -0.3 is 10.2 Å². The molecule has 0 bridgehead atoms. The number of anilines is 4. The average molecular weight is 489 g/mol. The van der Waals surface area contributed by atoms with Crippen LogP contribution in [0.5, 0.6) is 0 Å². The summed E-state index contributed by atoms with van der Waals surface area (Å²) in [5, 5.41) is 12.8. The van der Waals surface area contributed by atoms with Gasteiger partial charge in [-0.2, -0.15) is 5.26 Å². The van der Waals surface area contributed by atoms with Gasteiger partial charge >= 0.3 is 0 Å². The molecular formula is C28H32N4O2S. The molecule has 0 aliphatic heterocycles. The number of benzene rings is 3. The number of nitriles is 1. The van der Waals surface area contributed by atoms with Crippen LogP contribution in [0.25, 0.3) is 0 Å². The molecule has 0 unspecified atom stereocenters. The molecule has 1 aliphatic carbocycles. The first-order chi connectivity index (χ1) is 16.8. The third kappa shape index (κ3) is 5.50. The van der Waals surface area contributed by atoms with Crippen molar-refractivity contribution in [1.82, 2.24) is 4.72 Å². The van der Waals surface area contributed by atoms with Crippen molar-refractivity contribution in [2.75, 3.05) is 24.3 Å². The number of nitrogens with zero attached hydrogens (tertiary/aromatic N) is 2. The van der Waals surface area contributed by atoms with Crippen LogP contribution in [0.2, 0.25) is 0 Å². The zero-order valence-electron chi connectivity index (χ0n) is 20.5. The van der Waals surface area contributed by atoms with Crippen molar-refractivity contribution in [1.29, 1.82) is 5.26 Å². The summed E-state index contributed by atoms with van der Waals surface area (Å²) in [7, 11) is -0.204. The Bertz CT molecular complexity index is 1340. The number of hydrogen-bond acceptors (Lipinski definition) is 5. The van der Waals surface area contributed by atoms with Crippen molar-refractivity contribution in [3.63, 3.8) is 0 Å². The molecule has 0 spiro atoms. The molecule has 2 N–H and O–H groups in total. The summed E-state index contributed by atoms with van der Waals surface area (Å²) in [6.07, 6.45) is 6.62. The molecule has 3 aromatic carbocycles. The SMILES string of the molecule is CNS(=O)(=O)c1ccc(Nc2ccc(N(C)c3ccc(C4CCCCC4)cc3)cc2C)c(C#N)c1. The summed E-state index contributed by atoms with van der Waals surface area (Å²) in [6, 6.07) is 21.6. The number of rotatable bonds is 7. The van der Waals surface area contributed by atoms with Gasteiger partial charge in [0, 0.05) is 24.1 Å². The number of nitrogens with one attached hydrogen (secondary N) is 2. The maximum atomic E-state index is 12.1. The molecule has 1 fully saturated rings. The molecule has 1 aliphatic rings. The van der Waals surface area contributed by atoms with Gasteiger partial charge in [0.1, 0.15) is 6.07 Å². The van der Waals surface area contributed by atoms with Crippen LogP contribution in [0.15, 0.2) is 65.6 Å². The minimum absolute atomic E-state index is 0.0605. The lowest BCUT2D eigenvalue weighted by Gasteiger charge is -2.24. The van der Waals surface area contributed by atoms with E-state index < -0.39 is 10.0 Å². The maximum absolute atomic E-state index is 12.1. The van der Waals surface area contributed by atoms with Gasteiger partial charge in [-0.25, -0.2) is 13.1 Å². The van der Waals surface area contributed by atoms with E-state index in [1.165, 1.54) is 56.8 Å². The van der Waals surface area contributed by atoms with Gasteiger partial charge in [0.2, 0.25) is 10.0 Å². The van der Waals surface area contributed by atoms with E-state index in [0.29, 0.717) is 11.6 Å². The molecule has 0 heterocycles. The first-order valence-corrected chi connectivity index (χ1v) is 13.5. The monoisotopic (exact) mass is 488 g/mol. The quantitative estimate of drug-likeness (QED) is 0.406. The normalized spacial score (nSPS) is 14.3. The van der Waals surface area contributed by atoms with Crippen LogP contribution < -0.4 is 14.9 Å². The Balaban J connectivity index is 1.51. The van der Waals surface area contributed by atoms with Gasteiger partial charge in [-0.15, -0.1) is 0 Å². The van der Waals surface area contributed by atoms with E-state index in [1.807, 2.05) is 19.1 Å². The van der Waals surface area contributed by atoms with Crippen LogP contribution >= 0.6 is 0 Å². The topological polar surface area (TPSA) is 85.2 Å². The number of sulfonamides is 1. The fourth-order valence-electron chi connectivity index (χ4n) is 4.71. The first kappa shape index (κ1) is 24.8. The highest BCUT2D eigenvalue weighted by Crippen LogP contribution is 2.35. The highest BCUT2D eigenvalue weighted by atomic mass is 32.2. The molecule has 1 saturated carbocycles. The first-order valence-electron chi connectivity index (χ1n) is 12.0. The minimum Gasteiger partial charge on any atom is -0.354 e. The molecule has 0 atom stereocenters. The number of aryl methyl sites for hydroxylation is 1. The van der Waals surface area contributed by atoms with Crippen LogP contribution in [-0.4, -0.2) is 22.5 Å². The molecule has 0 aromatic heterocycles. The fourth-order valence-corrected chi connectivity index (χ4v) is 5.46. The molecule has 35 heavy (non-hydrogen) atoms. The van der Waals surface area contributed by atoms with Crippen LogP contribution in [0.4, 0.5) is 22.7 Å². The summed E-state index contributed by atoms with van der Waals surface area (Å²) < 4.78 is 26.4. The van der Waals surface area contributed by atoms with Gasteiger partial charge in [0.25, 0.3) is 0 Å². The number of hydrogen-bond donors (Lipinski definition) is 2. The van der Waals surface area contributed by atoms with E-state index in [2.05, 4.69) is 58.4 Å². The molecule has 3 aromatic rings. The van der Waals surface area contributed by atoms with Gasteiger partial charge in [-0.3, -0.25) is 0 Å². The molecule has 4 rings (SSSR count). The van der Waals surface area contributed by atoms with Crippen molar-refractivity contribution in [3.05, 3.63) is 77.4 Å². The largest absolute Gasteiger partial charge is 0.354 e. The van der Waals surface area contributed by atoms with E-state index in [4.69, 9.17) is 0 Å². The Labute approximate surface area is 208 Å². The van der Waals surface area contributed by atoms with Crippen LogP contribution in [-0.2, 0) is 10.0 Å². The Morgan fingerprint density at radius 3 is 2.20 bits per heavy atom. The predicted octanol–water partition coefficient (Wildman–Crippen LogP) is 6.33. The standard InChI is InChI=1S/C28H32N4O2S/c1-20-17-25(32(3)24-11-9-22(10-12-24)21-7-5-4-6-8-21)13-15-27(20)31-28-16-14-26(18-23(28)19-29)35(33,34)30-2/h9-18,21,30-31H,4-8H2,1-3H3. The second-order valence-electron chi connectivity index (χ2n) is 9.14. The molecule has 6 nitrogen and oxygen atoms in total. The average Bonchev–Trinajstić information content (AvgIpc) is 2.90. The summed E-state index contributed by atoms with van der Waals surface area (Å²) in [5.41, 5.74) is 6.34. The summed E-state index contributed by atoms with van der Waals surface area (Å²) >= 11 is 0.